The summed E-state index contributed by atoms with van der Waals surface area (Å²) in [7, 11) is 0. The third-order valence-corrected chi connectivity index (χ3v) is 2.90. The number of likely N-dealkylation sites (tertiary alicyclic amines) is 1. The van der Waals surface area contributed by atoms with Crippen LogP contribution >= 0.6 is 0 Å². The van der Waals surface area contributed by atoms with Crippen LogP contribution in [0.4, 0.5) is 0 Å². The minimum absolute atomic E-state index is 0.0593. The maximum atomic E-state index is 12.1. The number of nitrogens with zero attached hydrogens (tertiary/aromatic N) is 1. The number of H-pyrrole nitrogens is 1. The Hall–Kier alpha value is -2.35. The number of pyridine rings is 1. The normalized spacial score (nSPS) is 22.5. The number of aromatic hydroxyl groups is 1. The molecular weight excluding hydrogens is 256 g/mol. The van der Waals surface area contributed by atoms with E-state index >= 15 is 0 Å². The molecule has 1 aromatic heterocycles. The summed E-state index contributed by atoms with van der Waals surface area (Å²) >= 11 is 0. The lowest BCUT2D eigenvalue weighted by molar-refractivity contribution is -0.141. The van der Waals surface area contributed by atoms with Gasteiger partial charge in [0.2, 0.25) is 0 Å². The average Bonchev–Trinajstić information content (AvgIpc) is 2.69. The Bertz CT molecular complexity index is 581. The number of hydrogen-bond donors (Lipinski definition) is 4. The van der Waals surface area contributed by atoms with E-state index in [0.717, 1.165) is 17.0 Å². The van der Waals surface area contributed by atoms with E-state index in [0.29, 0.717) is 0 Å². The van der Waals surface area contributed by atoms with Gasteiger partial charge >= 0.3 is 5.97 Å². The Balaban J connectivity index is 2.32. The summed E-state index contributed by atoms with van der Waals surface area (Å²) in [6.07, 6.45) is -0.975. The SMILES string of the molecule is O=C(O)[C@H]1C[C@@H](O)CN1C(=O)c1cc(O)[nH]c(=O)c1. The number of aliphatic carboxylic acids is 1. The molecule has 2 atom stereocenters. The van der Waals surface area contributed by atoms with E-state index in [4.69, 9.17) is 5.11 Å². The third kappa shape index (κ3) is 2.58. The first-order chi connectivity index (χ1) is 8.88. The molecule has 0 aliphatic carbocycles. The first kappa shape index (κ1) is 13.1. The number of aliphatic hydroxyl groups excluding tert-OH is 1. The maximum Gasteiger partial charge on any atom is 0.326 e. The first-order valence-electron chi connectivity index (χ1n) is 5.53. The van der Waals surface area contributed by atoms with E-state index in [2.05, 4.69) is 4.98 Å². The molecule has 1 fully saturated rings. The molecule has 0 aromatic carbocycles. The molecule has 0 bridgehead atoms. The molecule has 8 heteroatoms. The molecule has 0 spiro atoms. The van der Waals surface area contributed by atoms with E-state index < -0.39 is 35.5 Å². The highest BCUT2D eigenvalue weighted by Gasteiger charge is 2.39. The van der Waals surface area contributed by atoms with Crippen molar-refractivity contribution in [2.75, 3.05) is 6.54 Å². The fourth-order valence-electron chi connectivity index (χ4n) is 2.09. The monoisotopic (exact) mass is 268 g/mol. The molecule has 1 aromatic rings. The van der Waals surface area contributed by atoms with Crippen LogP contribution in [0.2, 0.25) is 0 Å². The molecule has 4 N–H and O–H groups in total. The van der Waals surface area contributed by atoms with Crippen molar-refractivity contribution in [2.24, 2.45) is 0 Å². The predicted octanol–water partition coefficient (Wildman–Crippen LogP) is -1.26. The van der Waals surface area contributed by atoms with Crippen molar-refractivity contribution in [3.63, 3.8) is 0 Å². The molecule has 1 amide bonds. The Morgan fingerprint density at radius 3 is 2.63 bits per heavy atom. The molecule has 1 aliphatic heterocycles. The van der Waals surface area contributed by atoms with Gasteiger partial charge in [0.25, 0.3) is 11.5 Å². The Labute approximate surface area is 106 Å². The van der Waals surface area contributed by atoms with Gasteiger partial charge in [0.05, 0.1) is 11.7 Å². The van der Waals surface area contributed by atoms with E-state index in [1.807, 2.05) is 0 Å². The molecule has 2 heterocycles. The largest absolute Gasteiger partial charge is 0.494 e. The van der Waals surface area contributed by atoms with Gasteiger partial charge in [-0.15, -0.1) is 0 Å². The van der Waals surface area contributed by atoms with Gasteiger partial charge in [-0.1, -0.05) is 0 Å². The van der Waals surface area contributed by atoms with E-state index in [-0.39, 0.29) is 18.5 Å². The average molecular weight is 268 g/mol. The smallest absolute Gasteiger partial charge is 0.326 e. The number of carbonyl (C=O) groups excluding carboxylic acids is 1. The number of aromatic amines is 1. The summed E-state index contributed by atoms with van der Waals surface area (Å²) in [6, 6.07) is 0.864. The molecule has 2 rings (SSSR count). The second-order valence-electron chi connectivity index (χ2n) is 4.32. The zero-order valence-corrected chi connectivity index (χ0v) is 9.74. The number of carbonyl (C=O) groups is 2. The lowest BCUT2D eigenvalue weighted by atomic mass is 10.2. The predicted molar refractivity (Wildman–Crippen MR) is 61.8 cm³/mol. The fraction of sp³-hybridized carbons (Fsp3) is 0.364. The number of aliphatic hydroxyl groups is 1. The summed E-state index contributed by atoms with van der Waals surface area (Å²) in [4.78, 5) is 37.3. The molecule has 0 radical (unpaired) electrons. The molecule has 1 aliphatic rings. The number of β-amino-alcohol motifs (C(OH)–C–C–N with tert-alkyl or cyclic N) is 1. The van der Waals surface area contributed by atoms with E-state index in [9.17, 15) is 24.6 Å². The van der Waals surface area contributed by atoms with Gasteiger partial charge in [0.1, 0.15) is 6.04 Å². The Kier molecular flexibility index (Phi) is 3.26. The lowest BCUT2D eigenvalue weighted by Gasteiger charge is -2.20. The summed E-state index contributed by atoms with van der Waals surface area (Å²) in [6.45, 7) is -0.122. The van der Waals surface area contributed by atoms with Gasteiger partial charge in [-0.25, -0.2) is 4.79 Å². The Morgan fingerprint density at radius 2 is 2.05 bits per heavy atom. The second kappa shape index (κ2) is 4.73. The van der Waals surface area contributed by atoms with Crippen molar-refractivity contribution in [3.8, 4) is 5.88 Å². The molecule has 8 nitrogen and oxygen atoms in total. The molecule has 1 saturated heterocycles. The number of rotatable bonds is 2. The minimum atomic E-state index is -1.22. The topological polar surface area (TPSA) is 131 Å². The molecule has 0 unspecified atom stereocenters. The van der Waals surface area contributed by atoms with E-state index in [1.165, 1.54) is 0 Å². The van der Waals surface area contributed by atoms with Gasteiger partial charge in [0.15, 0.2) is 5.88 Å². The zero-order valence-electron chi connectivity index (χ0n) is 9.74. The van der Waals surface area contributed by atoms with Crippen LogP contribution in [0.3, 0.4) is 0 Å². The molecule has 0 saturated carbocycles. The third-order valence-electron chi connectivity index (χ3n) is 2.90. The highest BCUT2D eigenvalue weighted by Crippen LogP contribution is 2.21. The van der Waals surface area contributed by atoms with Crippen LogP contribution < -0.4 is 5.56 Å². The quantitative estimate of drug-likeness (QED) is 0.529. The highest BCUT2D eigenvalue weighted by molar-refractivity contribution is 5.97. The standard InChI is InChI=1S/C11H12N2O6/c14-6-3-7(11(18)19)13(4-6)10(17)5-1-8(15)12-9(16)2-5/h1-2,6-7,14H,3-4H2,(H,18,19)(H2,12,15,16)/t6-,7-/m1/s1. The number of amides is 1. The van der Waals surface area contributed by atoms with Crippen molar-refractivity contribution in [1.29, 1.82) is 0 Å². The maximum absolute atomic E-state index is 12.1. The van der Waals surface area contributed by atoms with Crippen molar-refractivity contribution in [2.45, 2.75) is 18.6 Å². The first-order valence-corrected chi connectivity index (χ1v) is 5.53. The van der Waals surface area contributed by atoms with Crippen LogP contribution in [0.1, 0.15) is 16.8 Å². The summed E-state index contributed by atoms with van der Waals surface area (Å²) < 4.78 is 0. The molecular formula is C11H12N2O6. The van der Waals surface area contributed by atoms with Crippen LogP contribution in [0, 0.1) is 0 Å². The van der Waals surface area contributed by atoms with Crippen LogP contribution in [0.25, 0.3) is 0 Å². The van der Waals surface area contributed by atoms with Crippen molar-refractivity contribution in [3.05, 3.63) is 28.0 Å². The summed E-state index contributed by atoms with van der Waals surface area (Å²) in [5, 5.41) is 27.7. The summed E-state index contributed by atoms with van der Waals surface area (Å²) in [5.74, 6) is -2.42. The second-order valence-corrected chi connectivity index (χ2v) is 4.32. The van der Waals surface area contributed by atoms with Gasteiger partial charge < -0.3 is 20.2 Å². The fourth-order valence-corrected chi connectivity index (χ4v) is 2.09. The highest BCUT2D eigenvalue weighted by atomic mass is 16.4. The van der Waals surface area contributed by atoms with Crippen molar-refractivity contribution in [1.82, 2.24) is 9.88 Å². The molecule has 102 valence electrons. The zero-order chi connectivity index (χ0) is 14.2. The number of hydrogen-bond acceptors (Lipinski definition) is 5. The van der Waals surface area contributed by atoms with Crippen molar-refractivity contribution < 1.29 is 24.9 Å². The van der Waals surface area contributed by atoms with Crippen LogP contribution in [-0.2, 0) is 4.79 Å². The van der Waals surface area contributed by atoms with Gasteiger partial charge in [-0.2, -0.15) is 0 Å². The van der Waals surface area contributed by atoms with Crippen LogP contribution in [-0.4, -0.2) is 55.8 Å². The number of carboxylic acid groups (broad SMARTS) is 1. The van der Waals surface area contributed by atoms with Gasteiger partial charge in [0, 0.05) is 25.1 Å². The number of carboxylic acids is 1. The van der Waals surface area contributed by atoms with Gasteiger partial charge in [-0.05, 0) is 0 Å². The number of nitrogens with one attached hydrogen (secondary N) is 1. The van der Waals surface area contributed by atoms with Crippen LogP contribution in [0.5, 0.6) is 5.88 Å². The summed E-state index contributed by atoms with van der Waals surface area (Å²) in [5.41, 5.74) is -0.795. The Morgan fingerprint density at radius 1 is 1.37 bits per heavy atom. The molecule has 19 heavy (non-hydrogen) atoms. The van der Waals surface area contributed by atoms with Gasteiger partial charge in [-0.3, -0.25) is 14.6 Å². The minimum Gasteiger partial charge on any atom is -0.494 e. The lowest BCUT2D eigenvalue weighted by Crippen LogP contribution is -2.40. The van der Waals surface area contributed by atoms with Crippen LogP contribution in [0.15, 0.2) is 16.9 Å². The van der Waals surface area contributed by atoms with Crippen molar-refractivity contribution >= 4 is 11.9 Å². The number of aromatic nitrogens is 1. The van der Waals surface area contributed by atoms with E-state index in [1.54, 1.807) is 0 Å².